The molecular formula is C11H12O4. The van der Waals surface area contributed by atoms with E-state index in [2.05, 4.69) is 0 Å². The van der Waals surface area contributed by atoms with Crippen molar-refractivity contribution in [2.75, 3.05) is 6.61 Å². The highest BCUT2D eigenvalue weighted by Gasteiger charge is 2.16. The Labute approximate surface area is 87.5 Å². The van der Waals surface area contributed by atoms with Gasteiger partial charge >= 0.3 is 0 Å². The molecule has 2 rings (SSSR count). The Bertz CT molecular complexity index is 367. The van der Waals surface area contributed by atoms with Crippen molar-refractivity contribution in [1.29, 1.82) is 0 Å². The van der Waals surface area contributed by atoms with Gasteiger partial charge in [0.1, 0.15) is 5.75 Å². The number of hydrogen-bond donors (Lipinski definition) is 1. The number of hydrogen-bond acceptors (Lipinski definition) is 3. The van der Waals surface area contributed by atoms with Crippen LogP contribution in [0.25, 0.3) is 0 Å². The molecule has 15 heavy (non-hydrogen) atoms. The molecule has 1 heterocycles. The van der Waals surface area contributed by atoms with Gasteiger partial charge in [-0.3, -0.25) is 9.59 Å². The average Bonchev–Trinajstić information content (AvgIpc) is 2.18. The molecule has 0 fully saturated rings. The molecule has 0 unspecified atom stereocenters. The first-order chi connectivity index (χ1) is 7.11. The number of ketones is 1. The Kier molecular flexibility index (Phi) is 3.85. The molecule has 0 aliphatic carbocycles. The van der Waals surface area contributed by atoms with E-state index < -0.39 is 5.97 Å². The second-order valence-electron chi connectivity index (χ2n) is 3.04. The first kappa shape index (κ1) is 11.2. The lowest BCUT2D eigenvalue weighted by atomic mass is 10.1. The SMILES string of the molecule is CC(=O)O.O=C1CCOc2ccccc21. The van der Waals surface area contributed by atoms with Crippen molar-refractivity contribution in [3.63, 3.8) is 0 Å². The van der Waals surface area contributed by atoms with Crippen LogP contribution in [-0.2, 0) is 4.79 Å². The highest BCUT2D eigenvalue weighted by Crippen LogP contribution is 2.23. The molecule has 1 aromatic carbocycles. The predicted octanol–water partition coefficient (Wildman–Crippen LogP) is 1.74. The number of fused-ring (bicyclic) bond motifs is 1. The summed E-state index contributed by atoms with van der Waals surface area (Å²) in [6.45, 7) is 1.61. The zero-order chi connectivity index (χ0) is 11.3. The van der Waals surface area contributed by atoms with E-state index in [4.69, 9.17) is 14.6 Å². The van der Waals surface area contributed by atoms with Gasteiger partial charge in [-0.1, -0.05) is 12.1 Å². The molecule has 80 valence electrons. The van der Waals surface area contributed by atoms with Crippen LogP contribution in [0.5, 0.6) is 5.75 Å². The van der Waals surface area contributed by atoms with E-state index in [0.717, 1.165) is 18.2 Å². The molecule has 1 N–H and O–H groups in total. The van der Waals surface area contributed by atoms with Crippen LogP contribution in [0.3, 0.4) is 0 Å². The van der Waals surface area contributed by atoms with Gasteiger partial charge in [0, 0.05) is 13.3 Å². The molecule has 4 heteroatoms. The number of benzene rings is 1. The van der Waals surface area contributed by atoms with Gasteiger partial charge in [-0.2, -0.15) is 0 Å². The lowest BCUT2D eigenvalue weighted by Crippen LogP contribution is -2.14. The summed E-state index contributed by atoms with van der Waals surface area (Å²) in [5, 5.41) is 7.42. The minimum Gasteiger partial charge on any atom is -0.492 e. The van der Waals surface area contributed by atoms with Gasteiger partial charge in [0.25, 0.3) is 5.97 Å². The Hall–Kier alpha value is -1.84. The molecule has 0 saturated heterocycles. The van der Waals surface area contributed by atoms with Crippen molar-refractivity contribution < 1.29 is 19.4 Å². The van der Waals surface area contributed by atoms with Crippen molar-refractivity contribution in [3.8, 4) is 5.75 Å². The molecular weight excluding hydrogens is 196 g/mol. The maximum atomic E-state index is 11.2. The van der Waals surface area contributed by atoms with Gasteiger partial charge in [-0.15, -0.1) is 0 Å². The molecule has 0 bridgehead atoms. The minimum atomic E-state index is -0.833. The Balaban J connectivity index is 0.000000245. The van der Waals surface area contributed by atoms with Crippen LogP contribution < -0.4 is 4.74 Å². The van der Waals surface area contributed by atoms with Crippen LogP contribution in [0.15, 0.2) is 24.3 Å². The number of para-hydroxylation sites is 1. The molecule has 1 aliphatic heterocycles. The van der Waals surface area contributed by atoms with Gasteiger partial charge in [0.05, 0.1) is 12.2 Å². The maximum absolute atomic E-state index is 11.2. The second kappa shape index (κ2) is 5.14. The summed E-state index contributed by atoms with van der Waals surface area (Å²) in [7, 11) is 0. The zero-order valence-electron chi connectivity index (χ0n) is 8.40. The largest absolute Gasteiger partial charge is 0.492 e. The van der Waals surface area contributed by atoms with E-state index in [0.29, 0.717) is 13.0 Å². The van der Waals surface area contributed by atoms with E-state index >= 15 is 0 Å². The number of carboxylic acid groups (broad SMARTS) is 1. The summed E-state index contributed by atoms with van der Waals surface area (Å²) in [5.41, 5.74) is 0.721. The highest BCUT2D eigenvalue weighted by atomic mass is 16.5. The van der Waals surface area contributed by atoms with Crippen LogP contribution in [0.1, 0.15) is 23.7 Å². The van der Waals surface area contributed by atoms with Crippen molar-refractivity contribution in [1.82, 2.24) is 0 Å². The van der Waals surface area contributed by atoms with Crippen molar-refractivity contribution >= 4 is 11.8 Å². The summed E-state index contributed by atoms with van der Waals surface area (Å²) in [5.74, 6) is 0.0793. The van der Waals surface area contributed by atoms with Crippen LogP contribution in [-0.4, -0.2) is 23.5 Å². The summed E-state index contributed by atoms with van der Waals surface area (Å²) >= 11 is 0. The monoisotopic (exact) mass is 208 g/mol. The Morgan fingerprint density at radius 3 is 2.60 bits per heavy atom. The van der Waals surface area contributed by atoms with E-state index in [1.165, 1.54) is 0 Å². The molecule has 1 aliphatic rings. The highest BCUT2D eigenvalue weighted by molar-refractivity contribution is 5.99. The predicted molar refractivity (Wildman–Crippen MR) is 54.2 cm³/mol. The summed E-state index contributed by atoms with van der Waals surface area (Å²) in [6.07, 6.45) is 0.511. The lowest BCUT2D eigenvalue weighted by Gasteiger charge is -2.14. The van der Waals surface area contributed by atoms with E-state index in [1.54, 1.807) is 6.07 Å². The number of Topliss-reactive ketones (excluding diaryl/α,β-unsaturated/α-hetero) is 1. The minimum absolute atomic E-state index is 0.187. The van der Waals surface area contributed by atoms with Crippen molar-refractivity contribution in [3.05, 3.63) is 29.8 Å². The smallest absolute Gasteiger partial charge is 0.300 e. The van der Waals surface area contributed by atoms with E-state index in [1.807, 2.05) is 18.2 Å². The van der Waals surface area contributed by atoms with Crippen LogP contribution >= 0.6 is 0 Å². The van der Waals surface area contributed by atoms with Crippen LogP contribution in [0, 0.1) is 0 Å². The number of carbonyl (C=O) groups is 2. The van der Waals surface area contributed by atoms with Gasteiger partial charge in [-0.25, -0.2) is 0 Å². The van der Waals surface area contributed by atoms with Crippen molar-refractivity contribution in [2.45, 2.75) is 13.3 Å². The first-order valence-corrected chi connectivity index (χ1v) is 4.56. The van der Waals surface area contributed by atoms with Crippen LogP contribution in [0.2, 0.25) is 0 Å². The molecule has 0 aromatic heterocycles. The van der Waals surface area contributed by atoms with E-state index in [9.17, 15) is 4.79 Å². The molecule has 4 nitrogen and oxygen atoms in total. The van der Waals surface area contributed by atoms with Gasteiger partial charge in [0.15, 0.2) is 5.78 Å². The first-order valence-electron chi connectivity index (χ1n) is 4.56. The second-order valence-corrected chi connectivity index (χ2v) is 3.04. The third kappa shape index (κ3) is 3.42. The van der Waals surface area contributed by atoms with Gasteiger partial charge in [0.2, 0.25) is 0 Å². The number of rotatable bonds is 0. The third-order valence-electron chi connectivity index (χ3n) is 1.77. The number of ether oxygens (including phenoxy) is 1. The fourth-order valence-corrected chi connectivity index (χ4v) is 1.21. The third-order valence-corrected chi connectivity index (χ3v) is 1.77. The molecule has 0 saturated carbocycles. The normalized spacial score (nSPS) is 13.0. The van der Waals surface area contributed by atoms with Crippen molar-refractivity contribution in [2.24, 2.45) is 0 Å². The maximum Gasteiger partial charge on any atom is 0.300 e. The van der Waals surface area contributed by atoms with E-state index in [-0.39, 0.29) is 5.78 Å². The summed E-state index contributed by atoms with van der Waals surface area (Å²) in [6, 6.07) is 7.35. The van der Waals surface area contributed by atoms with Gasteiger partial charge in [-0.05, 0) is 12.1 Å². The molecule has 0 amide bonds. The Morgan fingerprint density at radius 2 is 2.00 bits per heavy atom. The molecule has 0 radical (unpaired) electrons. The quantitative estimate of drug-likeness (QED) is 0.705. The lowest BCUT2D eigenvalue weighted by molar-refractivity contribution is -0.134. The number of carboxylic acids is 1. The molecule has 0 spiro atoms. The standard InChI is InChI=1S/C9H8O2.C2H4O2/c10-8-5-6-11-9-4-2-1-3-7(8)9;1-2(3)4/h1-4H,5-6H2;1H3,(H,3,4). The number of aliphatic carboxylic acids is 1. The summed E-state index contributed by atoms with van der Waals surface area (Å²) < 4.78 is 5.27. The fourth-order valence-electron chi connectivity index (χ4n) is 1.21. The average molecular weight is 208 g/mol. The molecule has 0 atom stereocenters. The van der Waals surface area contributed by atoms with Crippen LogP contribution in [0.4, 0.5) is 0 Å². The fraction of sp³-hybridized carbons (Fsp3) is 0.273. The zero-order valence-corrected chi connectivity index (χ0v) is 8.40. The summed E-state index contributed by atoms with van der Waals surface area (Å²) in [4.78, 5) is 20.2. The molecule has 1 aromatic rings. The topological polar surface area (TPSA) is 63.6 Å². The number of carbonyl (C=O) groups excluding carboxylic acids is 1. The van der Waals surface area contributed by atoms with Gasteiger partial charge < -0.3 is 9.84 Å². The Morgan fingerprint density at radius 1 is 1.40 bits per heavy atom.